The van der Waals surface area contributed by atoms with Gasteiger partial charge in [-0.05, 0) is 49.9 Å². The van der Waals surface area contributed by atoms with Gasteiger partial charge in [0.15, 0.2) is 0 Å². The van der Waals surface area contributed by atoms with E-state index in [1.165, 1.54) is 5.56 Å². The molecule has 3 heteroatoms. The Morgan fingerprint density at radius 3 is 2.58 bits per heavy atom. The number of carboxylic acids is 1. The second-order valence-corrected chi connectivity index (χ2v) is 5.73. The van der Waals surface area contributed by atoms with E-state index in [-0.39, 0.29) is 0 Å². The maximum absolute atomic E-state index is 11.7. The molecule has 100 valence electrons. The first kappa shape index (κ1) is 12.3. The van der Waals surface area contributed by atoms with E-state index in [9.17, 15) is 9.90 Å². The summed E-state index contributed by atoms with van der Waals surface area (Å²) in [5.74, 6) is -0.672. The molecule has 1 aliphatic carbocycles. The molecule has 3 rings (SSSR count). The van der Waals surface area contributed by atoms with Gasteiger partial charge in [0.25, 0.3) is 0 Å². The van der Waals surface area contributed by atoms with Crippen LogP contribution in [0.4, 0.5) is 0 Å². The maximum atomic E-state index is 11.7. The van der Waals surface area contributed by atoms with Crippen LogP contribution in [0.3, 0.4) is 0 Å². The molecule has 0 atom stereocenters. The molecular weight excluding hydrogens is 238 g/mol. The number of carboxylic acid groups (broad SMARTS) is 1. The van der Waals surface area contributed by atoms with Gasteiger partial charge in [0.2, 0.25) is 0 Å². The van der Waals surface area contributed by atoms with Crippen LogP contribution in [0, 0.1) is 13.8 Å². The Balaban J connectivity index is 2.19. The topological polar surface area (TPSA) is 53.1 Å². The number of benzene rings is 1. The zero-order valence-electron chi connectivity index (χ0n) is 11.4. The van der Waals surface area contributed by atoms with Crippen molar-refractivity contribution in [2.24, 2.45) is 0 Å². The molecular formula is C16H19NO2. The summed E-state index contributed by atoms with van der Waals surface area (Å²) in [5.41, 5.74) is 3.77. The van der Waals surface area contributed by atoms with Crippen molar-refractivity contribution in [2.45, 2.75) is 44.9 Å². The lowest BCUT2D eigenvalue weighted by molar-refractivity contribution is -0.143. The minimum absolute atomic E-state index is 0.661. The molecule has 0 saturated heterocycles. The number of nitrogens with one attached hydrogen (secondary N) is 1. The summed E-state index contributed by atoms with van der Waals surface area (Å²) < 4.78 is 0. The van der Waals surface area contributed by atoms with Crippen molar-refractivity contribution < 1.29 is 9.90 Å². The van der Waals surface area contributed by atoms with Crippen molar-refractivity contribution in [3.05, 3.63) is 35.0 Å². The average Bonchev–Trinajstić information content (AvgIpc) is 2.97. The Bertz CT molecular complexity index is 648. The summed E-state index contributed by atoms with van der Waals surface area (Å²) in [4.78, 5) is 15.1. The van der Waals surface area contributed by atoms with E-state index >= 15 is 0 Å². The number of fused-ring (bicyclic) bond motifs is 1. The number of aromatic amines is 1. The summed E-state index contributed by atoms with van der Waals surface area (Å²) in [7, 11) is 0. The second kappa shape index (κ2) is 4.12. The van der Waals surface area contributed by atoms with Crippen molar-refractivity contribution >= 4 is 16.9 Å². The molecule has 2 aromatic rings. The number of aromatic nitrogens is 1. The lowest BCUT2D eigenvalue weighted by Gasteiger charge is -2.24. The summed E-state index contributed by atoms with van der Waals surface area (Å²) in [5, 5.41) is 10.8. The third-order valence-corrected chi connectivity index (χ3v) is 4.73. The SMILES string of the molecule is Cc1[nH]c2ccc(C3(C(=O)O)CCCC3)cc2c1C. The zero-order valence-corrected chi connectivity index (χ0v) is 11.4. The van der Waals surface area contributed by atoms with E-state index in [1.54, 1.807) is 0 Å². The van der Waals surface area contributed by atoms with Gasteiger partial charge < -0.3 is 10.1 Å². The lowest BCUT2D eigenvalue weighted by atomic mass is 9.78. The number of carbonyl (C=O) groups is 1. The van der Waals surface area contributed by atoms with E-state index in [1.807, 2.05) is 12.1 Å². The van der Waals surface area contributed by atoms with Crippen molar-refractivity contribution in [3.63, 3.8) is 0 Å². The molecule has 1 saturated carbocycles. The molecule has 0 amide bonds. The first-order valence-electron chi connectivity index (χ1n) is 6.87. The van der Waals surface area contributed by atoms with Crippen molar-refractivity contribution in [1.29, 1.82) is 0 Å². The van der Waals surface area contributed by atoms with Crippen LogP contribution in [-0.4, -0.2) is 16.1 Å². The predicted molar refractivity (Wildman–Crippen MR) is 75.6 cm³/mol. The summed E-state index contributed by atoms with van der Waals surface area (Å²) in [6.07, 6.45) is 3.54. The minimum Gasteiger partial charge on any atom is -0.481 e. The number of aliphatic carboxylic acids is 1. The summed E-state index contributed by atoms with van der Waals surface area (Å²) in [6.45, 7) is 4.14. The molecule has 0 radical (unpaired) electrons. The fourth-order valence-corrected chi connectivity index (χ4v) is 3.36. The molecule has 1 aromatic carbocycles. The molecule has 0 spiro atoms. The van der Waals surface area contributed by atoms with Crippen molar-refractivity contribution in [3.8, 4) is 0 Å². The molecule has 19 heavy (non-hydrogen) atoms. The number of hydrogen-bond acceptors (Lipinski definition) is 1. The summed E-state index contributed by atoms with van der Waals surface area (Å²) in [6, 6.07) is 6.08. The number of hydrogen-bond donors (Lipinski definition) is 2. The molecule has 2 N–H and O–H groups in total. The van der Waals surface area contributed by atoms with Crippen LogP contribution >= 0.6 is 0 Å². The van der Waals surface area contributed by atoms with E-state index in [0.717, 1.165) is 47.8 Å². The van der Waals surface area contributed by atoms with Gasteiger partial charge in [0.05, 0.1) is 5.41 Å². The monoisotopic (exact) mass is 257 g/mol. The van der Waals surface area contributed by atoms with Crippen molar-refractivity contribution in [1.82, 2.24) is 4.98 Å². The van der Waals surface area contributed by atoms with E-state index in [0.29, 0.717) is 0 Å². The van der Waals surface area contributed by atoms with Gasteiger partial charge in [0, 0.05) is 16.6 Å². The standard InChI is InChI=1S/C16H19NO2/c1-10-11(2)17-14-6-5-12(9-13(10)14)16(15(18)19)7-3-4-8-16/h5-6,9,17H,3-4,7-8H2,1-2H3,(H,18,19). The van der Waals surface area contributed by atoms with E-state index < -0.39 is 11.4 Å². The molecule has 0 unspecified atom stereocenters. The largest absolute Gasteiger partial charge is 0.481 e. The van der Waals surface area contributed by atoms with Gasteiger partial charge in [0.1, 0.15) is 0 Å². The third kappa shape index (κ3) is 1.68. The molecule has 0 bridgehead atoms. The first-order valence-corrected chi connectivity index (χ1v) is 6.87. The quantitative estimate of drug-likeness (QED) is 0.862. The molecule has 1 heterocycles. The fraction of sp³-hybridized carbons (Fsp3) is 0.438. The molecule has 3 nitrogen and oxygen atoms in total. The third-order valence-electron chi connectivity index (χ3n) is 4.73. The second-order valence-electron chi connectivity index (χ2n) is 5.73. The Kier molecular flexibility index (Phi) is 2.66. The van der Waals surface area contributed by atoms with Gasteiger partial charge >= 0.3 is 5.97 Å². The molecule has 1 fully saturated rings. The highest BCUT2D eigenvalue weighted by molar-refractivity contribution is 5.88. The van der Waals surface area contributed by atoms with Crippen LogP contribution in [0.2, 0.25) is 0 Å². The van der Waals surface area contributed by atoms with Crippen LogP contribution in [0.25, 0.3) is 10.9 Å². The minimum atomic E-state index is -0.672. The lowest BCUT2D eigenvalue weighted by Crippen LogP contribution is -2.32. The first-order chi connectivity index (χ1) is 9.04. The van der Waals surface area contributed by atoms with Gasteiger partial charge in [-0.3, -0.25) is 4.79 Å². The smallest absolute Gasteiger partial charge is 0.314 e. The maximum Gasteiger partial charge on any atom is 0.314 e. The molecule has 1 aliphatic rings. The Morgan fingerprint density at radius 1 is 1.26 bits per heavy atom. The van der Waals surface area contributed by atoms with E-state index in [4.69, 9.17) is 0 Å². The van der Waals surface area contributed by atoms with Crippen LogP contribution in [-0.2, 0) is 10.2 Å². The highest BCUT2D eigenvalue weighted by Gasteiger charge is 2.42. The molecule has 0 aliphatic heterocycles. The van der Waals surface area contributed by atoms with Crippen LogP contribution in [0.15, 0.2) is 18.2 Å². The number of aryl methyl sites for hydroxylation is 2. The van der Waals surface area contributed by atoms with Gasteiger partial charge in [-0.15, -0.1) is 0 Å². The van der Waals surface area contributed by atoms with Gasteiger partial charge in [-0.2, -0.15) is 0 Å². The normalized spacial score (nSPS) is 18.0. The highest BCUT2D eigenvalue weighted by atomic mass is 16.4. The van der Waals surface area contributed by atoms with E-state index in [2.05, 4.69) is 24.9 Å². The fourth-order valence-electron chi connectivity index (χ4n) is 3.36. The van der Waals surface area contributed by atoms with Gasteiger partial charge in [-0.25, -0.2) is 0 Å². The predicted octanol–water partition coefficient (Wildman–Crippen LogP) is 3.68. The summed E-state index contributed by atoms with van der Waals surface area (Å²) >= 11 is 0. The Hall–Kier alpha value is -1.77. The zero-order chi connectivity index (χ0) is 13.6. The number of rotatable bonds is 2. The van der Waals surface area contributed by atoms with Crippen LogP contribution in [0.1, 0.15) is 42.5 Å². The average molecular weight is 257 g/mol. The van der Waals surface area contributed by atoms with Gasteiger partial charge in [-0.1, -0.05) is 18.9 Å². The molecule has 1 aromatic heterocycles. The van der Waals surface area contributed by atoms with Crippen LogP contribution < -0.4 is 0 Å². The van der Waals surface area contributed by atoms with Crippen LogP contribution in [0.5, 0.6) is 0 Å². The Labute approximate surface area is 112 Å². The van der Waals surface area contributed by atoms with Crippen molar-refractivity contribution in [2.75, 3.05) is 0 Å². The Morgan fingerprint density at radius 2 is 1.95 bits per heavy atom. The number of H-pyrrole nitrogens is 1. The highest BCUT2D eigenvalue weighted by Crippen LogP contribution is 2.42.